The Bertz CT molecular complexity index is 886. The summed E-state index contributed by atoms with van der Waals surface area (Å²) in [6.45, 7) is 6.37. The van der Waals surface area contributed by atoms with Gasteiger partial charge in [-0.2, -0.15) is 0 Å². The number of fused-ring (bicyclic) bond motifs is 3. The predicted molar refractivity (Wildman–Crippen MR) is 96.0 cm³/mol. The lowest BCUT2D eigenvalue weighted by molar-refractivity contribution is 0.590. The van der Waals surface area contributed by atoms with Gasteiger partial charge < -0.3 is 0 Å². The Labute approximate surface area is 137 Å². The van der Waals surface area contributed by atoms with Crippen LogP contribution in [-0.2, 0) is 0 Å². The molecule has 0 bridgehead atoms. The summed E-state index contributed by atoms with van der Waals surface area (Å²) in [5.74, 6) is 0. The minimum absolute atomic E-state index is 0.186. The first-order valence-electron chi connectivity index (χ1n) is 8.08. The fraction of sp³-hybridized carbons (Fsp3) is 0.238. The molecular weight excluding hydrogens is 280 g/mol. The summed E-state index contributed by atoms with van der Waals surface area (Å²) in [6, 6.07) is 10.7. The third-order valence-electron chi connectivity index (χ3n) is 4.68. The van der Waals surface area contributed by atoms with Gasteiger partial charge in [-0.15, -0.1) is 0 Å². The van der Waals surface area contributed by atoms with E-state index in [0.29, 0.717) is 0 Å². The van der Waals surface area contributed by atoms with E-state index in [1.54, 1.807) is 0 Å². The van der Waals surface area contributed by atoms with Crippen molar-refractivity contribution in [3.8, 4) is 11.1 Å². The number of allylic oxidation sites excluding steroid dienone is 2. The average Bonchev–Trinajstić information content (AvgIpc) is 2.84. The summed E-state index contributed by atoms with van der Waals surface area (Å²) < 4.78 is 0. The maximum Gasteiger partial charge on any atom is 0.0804 e. The first-order chi connectivity index (χ1) is 11.1. The van der Waals surface area contributed by atoms with E-state index in [0.717, 1.165) is 23.4 Å². The van der Waals surface area contributed by atoms with E-state index in [1.807, 2.05) is 13.1 Å². The lowest BCUT2D eigenvalue weighted by Gasteiger charge is -2.24. The van der Waals surface area contributed by atoms with Gasteiger partial charge in [-0.25, -0.2) is 0 Å². The van der Waals surface area contributed by atoms with E-state index in [4.69, 9.17) is 4.99 Å². The summed E-state index contributed by atoms with van der Waals surface area (Å²) in [4.78, 5) is 9.66. The second-order valence-corrected chi connectivity index (χ2v) is 6.72. The molecule has 114 valence electrons. The number of nitrogens with zero attached hydrogens (tertiary/aromatic N) is 2. The van der Waals surface area contributed by atoms with Gasteiger partial charge in [-0.05, 0) is 44.4 Å². The topological polar surface area (TPSA) is 25.2 Å². The maximum atomic E-state index is 5.16. The highest BCUT2D eigenvalue weighted by Gasteiger charge is 2.29. The molecule has 23 heavy (non-hydrogen) atoms. The van der Waals surface area contributed by atoms with E-state index < -0.39 is 0 Å². The van der Waals surface area contributed by atoms with Gasteiger partial charge in [0.2, 0.25) is 0 Å². The smallest absolute Gasteiger partial charge is 0.0804 e. The van der Waals surface area contributed by atoms with Crippen LogP contribution in [0.25, 0.3) is 11.1 Å². The molecule has 0 aliphatic heterocycles. The van der Waals surface area contributed by atoms with Gasteiger partial charge in [0.25, 0.3) is 0 Å². The lowest BCUT2D eigenvalue weighted by atomic mass is 9.91. The van der Waals surface area contributed by atoms with Gasteiger partial charge in [0.1, 0.15) is 0 Å². The van der Waals surface area contributed by atoms with Crippen LogP contribution in [0.1, 0.15) is 37.1 Å². The van der Waals surface area contributed by atoms with Crippen LogP contribution in [0.2, 0.25) is 0 Å². The molecule has 2 nitrogen and oxygen atoms in total. The Hall–Kier alpha value is -2.48. The number of hydrogen-bond donors (Lipinski definition) is 0. The quantitative estimate of drug-likeness (QED) is 0.629. The minimum Gasteiger partial charge on any atom is -0.273 e. The average molecular weight is 300 g/mol. The number of rotatable bonds is 1. The van der Waals surface area contributed by atoms with E-state index in [9.17, 15) is 0 Å². The van der Waals surface area contributed by atoms with Crippen molar-refractivity contribution in [3.63, 3.8) is 0 Å². The number of hydrogen-bond acceptors (Lipinski definition) is 2. The summed E-state index contributed by atoms with van der Waals surface area (Å²) in [6.07, 6.45) is 9.57. The van der Waals surface area contributed by atoms with Crippen molar-refractivity contribution < 1.29 is 0 Å². The van der Waals surface area contributed by atoms with Crippen LogP contribution in [0.5, 0.6) is 0 Å². The fourth-order valence-corrected chi connectivity index (χ4v) is 3.31. The summed E-state index contributed by atoms with van der Waals surface area (Å²) in [5.41, 5.74) is 8.13. The van der Waals surface area contributed by atoms with E-state index in [2.05, 4.69) is 67.4 Å². The molecule has 2 aromatic rings. The predicted octanol–water partition coefficient (Wildman–Crippen LogP) is 4.87. The molecule has 2 aliphatic rings. The van der Waals surface area contributed by atoms with Crippen LogP contribution in [0.15, 0.2) is 65.3 Å². The Balaban J connectivity index is 1.90. The molecular formula is C21H20N2. The molecule has 1 atom stereocenters. The molecule has 2 heteroatoms. The van der Waals surface area contributed by atoms with Crippen LogP contribution in [0, 0.1) is 6.92 Å². The van der Waals surface area contributed by atoms with Crippen LogP contribution in [0.4, 0.5) is 0 Å². The zero-order valence-corrected chi connectivity index (χ0v) is 13.8. The molecule has 1 heterocycles. The van der Waals surface area contributed by atoms with E-state index in [-0.39, 0.29) is 5.54 Å². The Morgan fingerprint density at radius 2 is 1.83 bits per heavy atom. The van der Waals surface area contributed by atoms with Crippen molar-refractivity contribution in [1.82, 2.24) is 4.98 Å². The maximum absolute atomic E-state index is 5.16. The SMILES string of the molecule is CC1=CCC(C)(N=C2c3ccccc3-c3cc(C)ncc32)C=C1. The summed E-state index contributed by atoms with van der Waals surface area (Å²) in [5, 5.41) is 0. The Morgan fingerprint density at radius 1 is 1.04 bits per heavy atom. The third-order valence-corrected chi connectivity index (χ3v) is 4.68. The second kappa shape index (κ2) is 5.02. The van der Waals surface area contributed by atoms with Gasteiger partial charge in [0.15, 0.2) is 0 Å². The second-order valence-electron chi connectivity index (χ2n) is 6.72. The van der Waals surface area contributed by atoms with E-state index >= 15 is 0 Å². The minimum atomic E-state index is -0.186. The zero-order chi connectivity index (χ0) is 16.0. The lowest BCUT2D eigenvalue weighted by Crippen LogP contribution is -2.22. The molecule has 2 aliphatic carbocycles. The van der Waals surface area contributed by atoms with Crippen molar-refractivity contribution in [2.24, 2.45) is 4.99 Å². The molecule has 0 saturated heterocycles. The molecule has 0 saturated carbocycles. The van der Waals surface area contributed by atoms with Crippen molar-refractivity contribution >= 4 is 5.71 Å². The van der Waals surface area contributed by atoms with E-state index in [1.165, 1.54) is 22.3 Å². The molecule has 0 fully saturated rings. The van der Waals surface area contributed by atoms with Gasteiger partial charge >= 0.3 is 0 Å². The Morgan fingerprint density at radius 3 is 2.57 bits per heavy atom. The fourth-order valence-electron chi connectivity index (χ4n) is 3.31. The number of benzene rings is 1. The van der Waals surface area contributed by atoms with Crippen LogP contribution in [-0.4, -0.2) is 16.2 Å². The van der Waals surface area contributed by atoms with Crippen molar-refractivity contribution in [1.29, 1.82) is 0 Å². The summed E-state index contributed by atoms with van der Waals surface area (Å²) in [7, 11) is 0. The Kier molecular flexibility index (Phi) is 3.08. The first kappa shape index (κ1) is 14.1. The third kappa shape index (κ3) is 2.35. The molecule has 1 aromatic heterocycles. The standard InChI is InChI=1S/C21H20N2/c1-14-8-10-21(3,11-9-14)23-20-17-7-5-4-6-16(17)18-12-15(2)22-13-19(18)20/h4-10,12-13H,11H2,1-3H3. The normalized spacial score (nSPS) is 23.6. The number of pyridine rings is 1. The van der Waals surface area contributed by atoms with Gasteiger partial charge in [0, 0.05) is 23.0 Å². The molecule has 4 rings (SSSR count). The largest absolute Gasteiger partial charge is 0.273 e. The van der Waals surface area contributed by atoms with Crippen molar-refractivity contribution in [2.75, 3.05) is 0 Å². The van der Waals surface area contributed by atoms with Gasteiger partial charge in [0.05, 0.1) is 11.3 Å². The molecule has 1 aromatic carbocycles. The molecule has 1 unspecified atom stereocenters. The highest BCUT2D eigenvalue weighted by atomic mass is 14.9. The van der Waals surface area contributed by atoms with Crippen LogP contribution >= 0.6 is 0 Å². The van der Waals surface area contributed by atoms with Crippen LogP contribution < -0.4 is 0 Å². The number of aliphatic imine (C=N–C) groups is 1. The molecule has 0 radical (unpaired) electrons. The highest BCUT2D eigenvalue weighted by Crippen LogP contribution is 2.38. The highest BCUT2D eigenvalue weighted by molar-refractivity contribution is 6.24. The van der Waals surface area contributed by atoms with Crippen molar-refractivity contribution in [3.05, 3.63) is 77.2 Å². The molecule has 0 N–H and O–H groups in total. The van der Waals surface area contributed by atoms with Crippen molar-refractivity contribution in [2.45, 2.75) is 32.7 Å². The number of aryl methyl sites for hydroxylation is 1. The zero-order valence-electron chi connectivity index (χ0n) is 13.8. The first-order valence-corrected chi connectivity index (χ1v) is 8.08. The van der Waals surface area contributed by atoms with Gasteiger partial charge in [-0.1, -0.05) is 48.1 Å². The molecule has 0 amide bonds. The number of aromatic nitrogens is 1. The molecule has 0 spiro atoms. The monoisotopic (exact) mass is 300 g/mol. The summed E-state index contributed by atoms with van der Waals surface area (Å²) >= 11 is 0. The van der Waals surface area contributed by atoms with Gasteiger partial charge in [-0.3, -0.25) is 9.98 Å². The van der Waals surface area contributed by atoms with Crippen LogP contribution in [0.3, 0.4) is 0 Å².